The van der Waals surface area contributed by atoms with Crippen LogP contribution in [0.15, 0.2) is 36.1 Å². The van der Waals surface area contributed by atoms with Crippen LogP contribution in [0.5, 0.6) is 0 Å². The number of likely N-dealkylation sites (N-methyl/N-ethyl adjacent to an activating group) is 1. The van der Waals surface area contributed by atoms with Crippen LogP contribution in [0.3, 0.4) is 0 Å². The number of allylic oxidation sites excluding steroid dienone is 1. The number of rotatable bonds is 5. The molecule has 1 aliphatic rings. The SMILES string of the molecule is CNC(CCc1cccc(C)c1)C1=CCCCO1. The highest BCUT2D eigenvalue weighted by Crippen LogP contribution is 2.17. The van der Waals surface area contributed by atoms with Gasteiger partial charge in [0.05, 0.1) is 12.6 Å². The molecule has 0 saturated carbocycles. The molecule has 2 nitrogen and oxygen atoms in total. The van der Waals surface area contributed by atoms with Crippen molar-refractivity contribution in [2.24, 2.45) is 0 Å². The van der Waals surface area contributed by atoms with Gasteiger partial charge in [0.2, 0.25) is 0 Å². The zero-order chi connectivity index (χ0) is 12.8. The maximum Gasteiger partial charge on any atom is 0.109 e. The first kappa shape index (κ1) is 13.2. The van der Waals surface area contributed by atoms with Gasteiger partial charge >= 0.3 is 0 Å². The predicted molar refractivity (Wildman–Crippen MR) is 75.6 cm³/mol. The standard InChI is InChI=1S/C16H23NO/c1-13-6-5-7-14(12-13)9-10-15(17-2)16-8-3-4-11-18-16/h5-8,12,15,17H,3-4,9-11H2,1-2H3. The Kier molecular flexibility index (Phi) is 4.82. The largest absolute Gasteiger partial charge is 0.497 e. The van der Waals surface area contributed by atoms with E-state index >= 15 is 0 Å². The molecule has 1 aliphatic heterocycles. The van der Waals surface area contributed by atoms with Gasteiger partial charge in [-0.1, -0.05) is 29.8 Å². The maximum atomic E-state index is 5.74. The van der Waals surface area contributed by atoms with Crippen LogP contribution < -0.4 is 5.32 Å². The number of nitrogens with one attached hydrogen (secondary N) is 1. The van der Waals surface area contributed by atoms with Gasteiger partial charge in [-0.05, 0) is 51.3 Å². The molecule has 2 heteroatoms. The summed E-state index contributed by atoms with van der Waals surface area (Å²) in [6.45, 7) is 3.01. The summed E-state index contributed by atoms with van der Waals surface area (Å²) in [5.41, 5.74) is 2.74. The Balaban J connectivity index is 1.92. The third kappa shape index (κ3) is 3.61. The molecular weight excluding hydrogens is 222 g/mol. The van der Waals surface area contributed by atoms with E-state index in [0.29, 0.717) is 6.04 Å². The molecular formula is C16H23NO. The summed E-state index contributed by atoms with van der Waals surface area (Å²) in [6.07, 6.45) is 6.72. The van der Waals surface area contributed by atoms with E-state index in [1.807, 2.05) is 7.05 Å². The third-order valence-corrected chi connectivity index (χ3v) is 3.46. The van der Waals surface area contributed by atoms with Crippen molar-refractivity contribution in [1.82, 2.24) is 5.32 Å². The Labute approximate surface area is 110 Å². The van der Waals surface area contributed by atoms with Gasteiger partial charge in [0.25, 0.3) is 0 Å². The molecule has 0 spiro atoms. The van der Waals surface area contributed by atoms with Gasteiger partial charge in [-0.25, -0.2) is 0 Å². The van der Waals surface area contributed by atoms with Gasteiger partial charge in [-0.3, -0.25) is 0 Å². The van der Waals surface area contributed by atoms with Crippen LogP contribution in [0.2, 0.25) is 0 Å². The Hall–Kier alpha value is -1.28. The van der Waals surface area contributed by atoms with Crippen LogP contribution in [0.1, 0.15) is 30.4 Å². The lowest BCUT2D eigenvalue weighted by Gasteiger charge is -2.23. The van der Waals surface area contributed by atoms with E-state index in [2.05, 4.69) is 42.6 Å². The van der Waals surface area contributed by atoms with E-state index in [1.54, 1.807) is 0 Å². The first-order valence-electron chi connectivity index (χ1n) is 6.85. The van der Waals surface area contributed by atoms with Crippen LogP contribution in [0.25, 0.3) is 0 Å². The van der Waals surface area contributed by atoms with Gasteiger partial charge in [0.1, 0.15) is 5.76 Å². The molecule has 1 unspecified atom stereocenters. The zero-order valence-corrected chi connectivity index (χ0v) is 11.4. The van der Waals surface area contributed by atoms with Crippen molar-refractivity contribution >= 4 is 0 Å². The summed E-state index contributed by atoms with van der Waals surface area (Å²) in [7, 11) is 2.01. The average molecular weight is 245 g/mol. The van der Waals surface area contributed by atoms with E-state index in [-0.39, 0.29) is 0 Å². The summed E-state index contributed by atoms with van der Waals surface area (Å²) in [4.78, 5) is 0. The second kappa shape index (κ2) is 6.60. The van der Waals surface area contributed by atoms with Gasteiger partial charge in [-0.2, -0.15) is 0 Å². The maximum absolute atomic E-state index is 5.74. The minimum absolute atomic E-state index is 0.353. The summed E-state index contributed by atoms with van der Waals surface area (Å²) in [6, 6.07) is 9.10. The molecule has 2 rings (SSSR count). The molecule has 98 valence electrons. The smallest absolute Gasteiger partial charge is 0.109 e. The van der Waals surface area contributed by atoms with Crippen molar-refractivity contribution in [3.8, 4) is 0 Å². The monoisotopic (exact) mass is 245 g/mol. The second-order valence-corrected chi connectivity index (χ2v) is 4.97. The normalized spacial score (nSPS) is 16.9. The lowest BCUT2D eigenvalue weighted by Crippen LogP contribution is -2.30. The summed E-state index contributed by atoms with van der Waals surface area (Å²) in [5.74, 6) is 1.14. The van der Waals surface area contributed by atoms with Gasteiger partial charge in [0, 0.05) is 0 Å². The van der Waals surface area contributed by atoms with Crippen LogP contribution in [0, 0.1) is 6.92 Å². The molecule has 0 amide bonds. The number of hydrogen-bond donors (Lipinski definition) is 1. The first-order valence-corrected chi connectivity index (χ1v) is 6.85. The predicted octanol–water partition coefficient (Wildman–Crippen LogP) is 3.21. The second-order valence-electron chi connectivity index (χ2n) is 4.97. The number of ether oxygens (including phenoxy) is 1. The molecule has 1 atom stereocenters. The van der Waals surface area contributed by atoms with E-state index < -0.39 is 0 Å². The highest BCUT2D eigenvalue weighted by Gasteiger charge is 2.15. The molecule has 0 aromatic heterocycles. The van der Waals surface area contributed by atoms with Crippen LogP contribution in [-0.4, -0.2) is 19.7 Å². The average Bonchev–Trinajstić information content (AvgIpc) is 2.41. The zero-order valence-electron chi connectivity index (χ0n) is 11.4. The third-order valence-electron chi connectivity index (χ3n) is 3.46. The molecule has 1 N–H and O–H groups in total. The van der Waals surface area contributed by atoms with E-state index in [9.17, 15) is 0 Å². The van der Waals surface area contributed by atoms with Crippen molar-refractivity contribution in [1.29, 1.82) is 0 Å². The highest BCUT2D eigenvalue weighted by atomic mass is 16.5. The Morgan fingerprint density at radius 3 is 2.94 bits per heavy atom. The topological polar surface area (TPSA) is 21.3 Å². The molecule has 1 aromatic rings. The van der Waals surface area contributed by atoms with Crippen molar-refractivity contribution in [3.63, 3.8) is 0 Å². The number of benzene rings is 1. The van der Waals surface area contributed by atoms with Gasteiger partial charge in [0.15, 0.2) is 0 Å². The molecule has 0 aliphatic carbocycles. The molecule has 0 radical (unpaired) electrons. The fraction of sp³-hybridized carbons (Fsp3) is 0.500. The summed E-state index contributed by atoms with van der Waals surface area (Å²) in [5, 5.41) is 3.36. The Bertz CT molecular complexity index is 411. The summed E-state index contributed by atoms with van der Waals surface area (Å²) < 4.78 is 5.74. The van der Waals surface area contributed by atoms with Crippen LogP contribution >= 0.6 is 0 Å². The molecule has 1 aromatic carbocycles. The van der Waals surface area contributed by atoms with Gasteiger partial charge in [-0.15, -0.1) is 0 Å². The molecule has 0 fully saturated rings. The molecule has 0 bridgehead atoms. The van der Waals surface area contributed by atoms with E-state index in [4.69, 9.17) is 4.74 Å². The molecule has 18 heavy (non-hydrogen) atoms. The number of hydrogen-bond acceptors (Lipinski definition) is 2. The minimum atomic E-state index is 0.353. The van der Waals surface area contributed by atoms with Crippen molar-refractivity contribution in [3.05, 3.63) is 47.2 Å². The van der Waals surface area contributed by atoms with Crippen molar-refractivity contribution < 1.29 is 4.74 Å². The fourth-order valence-corrected chi connectivity index (χ4v) is 2.43. The number of aryl methyl sites for hydroxylation is 2. The fourth-order valence-electron chi connectivity index (χ4n) is 2.43. The minimum Gasteiger partial charge on any atom is -0.497 e. The van der Waals surface area contributed by atoms with E-state index in [0.717, 1.165) is 38.0 Å². The molecule has 1 heterocycles. The lowest BCUT2D eigenvalue weighted by molar-refractivity contribution is 0.167. The Morgan fingerprint density at radius 2 is 2.28 bits per heavy atom. The Morgan fingerprint density at radius 1 is 1.39 bits per heavy atom. The van der Waals surface area contributed by atoms with Crippen LogP contribution in [0.4, 0.5) is 0 Å². The summed E-state index contributed by atoms with van der Waals surface area (Å²) >= 11 is 0. The van der Waals surface area contributed by atoms with Gasteiger partial charge < -0.3 is 10.1 Å². The van der Waals surface area contributed by atoms with Crippen molar-refractivity contribution in [2.45, 2.75) is 38.6 Å². The van der Waals surface area contributed by atoms with E-state index in [1.165, 1.54) is 11.1 Å². The first-order chi connectivity index (χ1) is 8.79. The van der Waals surface area contributed by atoms with Crippen LogP contribution in [-0.2, 0) is 11.2 Å². The quantitative estimate of drug-likeness (QED) is 0.860. The lowest BCUT2D eigenvalue weighted by atomic mass is 10.0. The van der Waals surface area contributed by atoms with Crippen molar-refractivity contribution in [2.75, 3.05) is 13.7 Å². The highest BCUT2D eigenvalue weighted by molar-refractivity contribution is 5.22. The molecule has 0 saturated heterocycles.